The fourth-order valence-electron chi connectivity index (χ4n) is 2.10. The van der Waals surface area contributed by atoms with E-state index in [0.29, 0.717) is 5.56 Å². The highest BCUT2D eigenvalue weighted by atomic mass is 16.4. The zero-order valence-corrected chi connectivity index (χ0v) is 9.52. The van der Waals surface area contributed by atoms with E-state index < -0.39 is 5.97 Å². The van der Waals surface area contributed by atoms with Gasteiger partial charge in [-0.1, -0.05) is 13.0 Å². The first kappa shape index (κ1) is 11.0. The third-order valence-electron chi connectivity index (χ3n) is 3.24. The van der Waals surface area contributed by atoms with E-state index >= 15 is 0 Å². The lowest BCUT2D eigenvalue weighted by molar-refractivity contribution is 0.0697. The Balaban J connectivity index is 2.14. The zero-order valence-electron chi connectivity index (χ0n) is 9.52. The number of nitrogens with zero attached hydrogens (tertiary/aromatic N) is 1. The van der Waals surface area contributed by atoms with Crippen LogP contribution in [0.25, 0.3) is 0 Å². The molecule has 86 valence electrons. The first-order valence-electron chi connectivity index (χ1n) is 5.75. The Hall–Kier alpha value is -1.51. The molecule has 1 aromatic carbocycles. The van der Waals surface area contributed by atoms with E-state index in [1.54, 1.807) is 12.1 Å². The van der Waals surface area contributed by atoms with Gasteiger partial charge in [-0.3, -0.25) is 0 Å². The molecular weight excluding hydrogens is 202 g/mol. The molecule has 0 unspecified atom stereocenters. The number of piperidine rings is 1. The molecule has 0 aliphatic carbocycles. The molecule has 3 nitrogen and oxygen atoms in total. The fraction of sp³-hybridized carbons (Fsp3) is 0.462. The van der Waals surface area contributed by atoms with Crippen molar-refractivity contribution >= 4 is 11.7 Å². The van der Waals surface area contributed by atoms with Crippen LogP contribution in [0.4, 0.5) is 5.69 Å². The third kappa shape index (κ3) is 2.35. The number of anilines is 1. The molecule has 1 fully saturated rings. The van der Waals surface area contributed by atoms with Crippen molar-refractivity contribution < 1.29 is 9.90 Å². The van der Waals surface area contributed by atoms with E-state index in [1.807, 2.05) is 12.1 Å². The van der Waals surface area contributed by atoms with Gasteiger partial charge in [0.25, 0.3) is 0 Å². The minimum atomic E-state index is -0.854. The summed E-state index contributed by atoms with van der Waals surface area (Å²) >= 11 is 0. The maximum atomic E-state index is 10.9. The van der Waals surface area contributed by atoms with Crippen molar-refractivity contribution in [1.29, 1.82) is 0 Å². The van der Waals surface area contributed by atoms with Gasteiger partial charge in [0.05, 0.1) is 5.56 Å². The molecule has 0 spiro atoms. The first-order chi connectivity index (χ1) is 7.66. The Morgan fingerprint density at radius 1 is 1.38 bits per heavy atom. The van der Waals surface area contributed by atoms with Crippen molar-refractivity contribution in [3.63, 3.8) is 0 Å². The number of rotatable bonds is 2. The van der Waals surface area contributed by atoms with Crippen molar-refractivity contribution in [3.05, 3.63) is 29.8 Å². The van der Waals surface area contributed by atoms with Crippen LogP contribution in [-0.4, -0.2) is 24.2 Å². The molecule has 1 N–H and O–H groups in total. The number of carbonyl (C=O) groups is 1. The van der Waals surface area contributed by atoms with Crippen LogP contribution in [0.2, 0.25) is 0 Å². The molecule has 1 aliphatic rings. The largest absolute Gasteiger partial charge is 0.478 e. The molecule has 1 saturated heterocycles. The quantitative estimate of drug-likeness (QED) is 0.831. The van der Waals surface area contributed by atoms with Gasteiger partial charge < -0.3 is 10.0 Å². The Labute approximate surface area is 95.7 Å². The van der Waals surface area contributed by atoms with Gasteiger partial charge >= 0.3 is 5.97 Å². The van der Waals surface area contributed by atoms with Gasteiger partial charge in [0.2, 0.25) is 0 Å². The zero-order chi connectivity index (χ0) is 11.5. The SMILES string of the molecule is CC1CCN(c2cccc(C(=O)O)c2)CC1. The molecule has 0 bridgehead atoms. The monoisotopic (exact) mass is 219 g/mol. The van der Waals surface area contributed by atoms with E-state index in [1.165, 1.54) is 12.8 Å². The highest BCUT2D eigenvalue weighted by molar-refractivity contribution is 5.88. The fourth-order valence-corrected chi connectivity index (χ4v) is 2.10. The van der Waals surface area contributed by atoms with Crippen molar-refractivity contribution in [2.24, 2.45) is 5.92 Å². The van der Waals surface area contributed by atoms with Gasteiger partial charge in [-0.25, -0.2) is 4.79 Å². The van der Waals surface area contributed by atoms with E-state index in [0.717, 1.165) is 24.7 Å². The normalized spacial score (nSPS) is 17.4. The van der Waals surface area contributed by atoms with Gasteiger partial charge in [-0.15, -0.1) is 0 Å². The minimum Gasteiger partial charge on any atom is -0.478 e. The summed E-state index contributed by atoms with van der Waals surface area (Å²) in [6.07, 6.45) is 2.38. The average Bonchev–Trinajstić information content (AvgIpc) is 2.30. The summed E-state index contributed by atoms with van der Waals surface area (Å²) in [7, 11) is 0. The number of carboxylic acids is 1. The molecule has 0 saturated carbocycles. The Morgan fingerprint density at radius 3 is 2.69 bits per heavy atom. The molecule has 0 aromatic heterocycles. The van der Waals surface area contributed by atoms with Crippen molar-refractivity contribution in [1.82, 2.24) is 0 Å². The summed E-state index contributed by atoms with van der Waals surface area (Å²) in [5.74, 6) is -0.0638. The highest BCUT2D eigenvalue weighted by Gasteiger charge is 2.16. The van der Waals surface area contributed by atoms with Gasteiger partial charge in [0.1, 0.15) is 0 Å². The molecule has 0 atom stereocenters. The van der Waals surface area contributed by atoms with Crippen LogP contribution < -0.4 is 4.90 Å². The van der Waals surface area contributed by atoms with Crippen LogP contribution in [0.1, 0.15) is 30.1 Å². The first-order valence-corrected chi connectivity index (χ1v) is 5.75. The second-order valence-corrected chi connectivity index (χ2v) is 4.53. The topological polar surface area (TPSA) is 40.5 Å². The molecule has 1 heterocycles. The van der Waals surface area contributed by atoms with Gasteiger partial charge in [-0.2, -0.15) is 0 Å². The number of hydrogen-bond donors (Lipinski definition) is 1. The number of aromatic carboxylic acids is 1. The summed E-state index contributed by atoms with van der Waals surface area (Å²) in [5.41, 5.74) is 1.41. The second kappa shape index (κ2) is 4.56. The summed E-state index contributed by atoms with van der Waals surface area (Å²) in [6.45, 7) is 4.33. The maximum absolute atomic E-state index is 10.9. The highest BCUT2D eigenvalue weighted by Crippen LogP contribution is 2.23. The molecule has 1 aliphatic heterocycles. The third-order valence-corrected chi connectivity index (χ3v) is 3.24. The summed E-state index contributed by atoms with van der Waals surface area (Å²) in [6, 6.07) is 7.20. The number of benzene rings is 1. The second-order valence-electron chi connectivity index (χ2n) is 4.53. The minimum absolute atomic E-state index is 0.371. The van der Waals surface area contributed by atoms with Crippen LogP contribution in [-0.2, 0) is 0 Å². The van der Waals surface area contributed by atoms with E-state index in [9.17, 15) is 4.79 Å². The predicted octanol–water partition coefficient (Wildman–Crippen LogP) is 2.62. The van der Waals surface area contributed by atoms with Crippen molar-refractivity contribution in [2.45, 2.75) is 19.8 Å². The Kier molecular flexibility index (Phi) is 3.13. The smallest absolute Gasteiger partial charge is 0.335 e. The number of hydrogen-bond acceptors (Lipinski definition) is 2. The van der Waals surface area contributed by atoms with Crippen LogP contribution in [0.3, 0.4) is 0 Å². The molecule has 0 amide bonds. The van der Waals surface area contributed by atoms with Crippen LogP contribution in [0, 0.1) is 5.92 Å². The lowest BCUT2D eigenvalue weighted by Crippen LogP contribution is -2.32. The molecule has 2 rings (SSSR count). The summed E-state index contributed by atoms with van der Waals surface area (Å²) in [4.78, 5) is 13.1. The predicted molar refractivity (Wildman–Crippen MR) is 64.0 cm³/mol. The van der Waals surface area contributed by atoms with E-state index in [2.05, 4.69) is 11.8 Å². The van der Waals surface area contributed by atoms with Gasteiger partial charge in [-0.05, 0) is 37.0 Å². The summed E-state index contributed by atoms with van der Waals surface area (Å²) in [5, 5.41) is 8.93. The standard InChI is InChI=1S/C13H17NO2/c1-10-5-7-14(8-6-10)12-4-2-3-11(9-12)13(15)16/h2-4,9-10H,5-8H2,1H3,(H,15,16). The van der Waals surface area contributed by atoms with Crippen LogP contribution in [0.15, 0.2) is 24.3 Å². The van der Waals surface area contributed by atoms with Crippen LogP contribution >= 0.6 is 0 Å². The molecule has 16 heavy (non-hydrogen) atoms. The Morgan fingerprint density at radius 2 is 2.06 bits per heavy atom. The molecule has 3 heteroatoms. The van der Waals surface area contributed by atoms with Crippen molar-refractivity contribution in [2.75, 3.05) is 18.0 Å². The van der Waals surface area contributed by atoms with Gasteiger partial charge in [0.15, 0.2) is 0 Å². The van der Waals surface area contributed by atoms with E-state index in [4.69, 9.17) is 5.11 Å². The molecular formula is C13H17NO2. The summed E-state index contributed by atoms with van der Waals surface area (Å²) < 4.78 is 0. The molecule has 1 aromatic rings. The van der Waals surface area contributed by atoms with Gasteiger partial charge in [0, 0.05) is 18.8 Å². The number of carboxylic acid groups (broad SMARTS) is 1. The maximum Gasteiger partial charge on any atom is 0.335 e. The average molecular weight is 219 g/mol. The van der Waals surface area contributed by atoms with Crippen LogP contribution in [0.5, 0.6) is 0 Å². The molecule has 0 radical (unpaired) electrons. The van der Waals surface area contributed by atoms with E-state index in [-0.39, 0.29) is 0 Å². The Bertz CT molecular complexity index is 381. The lowest BCUT2D eigenvalue weighted by Gasteiger charge is -2.32. The van der Waals surface area contributed by atoms with Crippen molar-refractivity contribution in [3.8, 4) is 0 Å². The lowest BCUT2D eigenvalue weighted by atomic mass is 9.98.